The van der Waals surface area contributed by atoms with Crippen LogP contribution in [0.2, 0.25) is 0 Å². The largest absolute Gasteiger partial charge is 0.397 e. The third kappa shape index (κ3) is 2.81. The highest BCUT2D eigenvalue weighted by Crippen LogP contribution is 2.24. The van der Waals surface area contributed by atoms with E-state index in [1.807, 2.05) is 0 Å². The number of aliphatic hydroxyl groups is 2. The molecule has 1 rings (SSSR count). The first-order chi connectivity index (χ1) is 7.58. The van der Waals surface area contributed by atoms with Gasteiger partial charge in [0.15, 0.2) is 0 Å². The van der Waals surface area contributed by atoms with E-state index in [1.165, 1.54) is 18.2 Å². The first-order valence-corrected chi connectivity index (χ1v) is 4.60. The molecule has 0 bridgehead atoms. The first kappa shape index (κ1) is 12.2. The second-order valence-corrected chi connectivity index (χ2v) is 3.24. The van der Waals surface area contributed by atoms with Gasteiger partial charge in [0.2, 0.25) is 0 Å². The van der Waals surface area contributed by atoms with Crippen molar-refractivity contribution in [1.29, 1.82) is 0 Å². The Balaban J connectivity index is 2.86. The maximum atomic E-state index is 10.4. The van der Waals surface area contributed by atoms with Gasteiger partial charge < -0.3 is 21.3 Å². The number of nitrogen functional groups attached to an aromatic ring is 1. The van der Waals surface area contributed by atoms with E-state index >= 15 is 0 Å². The summed E-state index contributed by atoms with van der Waals surface area (Å²) in [5.74, 6) is 0. The molecule has 1 aromatic rings. The third-order valence-corrected chi connectivity index (χ3v) is 2.05. The van der Waals surface area contributed by atoms with Crippen LogP contribution in [0.1, 0.15) is 0 Å². The molecule has 0 aliphatic rings. The molecule has 0 spiro atoms. The van der Waals surface area contributed by atoms with Gasteiger partial charge in [0.1, 0.15) is 0 Å². The molecule has 0 unspecified atom stereocenters. The number of nitro groups is 1. The maximum Gasteiger partial charge on any atom is 0.271 e. The number of nitrogens with two attached hydrogens (primary N) is 1. The zero-order valence-electron chi connectivity index (χ0n) is 8.46. The fourth-order valence-corrected chi connectivity index (χ4v) is 1.16. The number of hydrogen-bond donors (Lipinski definition) is 4. The predicted octanol–water partition coefficient (Wildman–Crippen LogP) is -0.0579. The standard InChI is InChI=1S/C9H13N3O4/c10-8-3-7(12(15)16)1-2-9(8)11-6(4-13)5-14/h1-3,6,11,13-14H,4-5,10H2. The highest BCUT2D eigenvalue weighted by molar-refractivity contribution is 5.69. The smallest absolute Gasteiger partial charge is 0.271 e. The van der Waals surface area contributed by atoms with Crippen molar-refractivity contribution < 1.29 is 15.1 Å². The molecule has 0 fully saturated rings. The molecule has 0 heterocycles. The summed E-state index contributed by atoms with van der Waals surface area (Å²) in [6.45, 7) is -0.514. The lowest BCUT2D eigenvalue weighted by molar-refractivity contribution is -0.384. The summed E-state index contributed by atoms with van der Waals surface area (Å²) < 4.78 is 0. The zero-order valence-corrected chi connectivity index (χ0v) is 8.46. The van der Waals surface area contributed by atoms with E-state index in [0.717, 1.165) is 0 Å². The molecule has 16 heavy (non-hydrogen) atoms. The van der Waals surface area contributed by atoms with Crippen molar-refractivity contribution in [2.24, 2.45) is 0 Å². The van der Waals surface area contributed by atoms with Crippen LogP contribution in [0, 0.1) is 10.1 Å². The van der Waals surface area contributed by atoms with Crippen molar-refractivity contribution in [1.82, 2.24) is 0 Å². The molecular weight excluding hydrogens is 214 g/mol. The molecule has 7 nitrogen and oxygen atoms in total. The van der Waals surface area contributed by atoms with Crippen molar-refractivity contribution in [3.63, 3.8) is 0 Å². The van der Waals surface area contributed by atoms with Gasteiger partial charge >= 0.3 is 0 Å². The molecule has 88 valence electrons. The summed E-state index contributed by atoms with van der Waals surface area (Å²) in [5, 5.41) is 30.9. The molecule has 1 aromatic carbocycles. The first-order valence-electron chi connectivity index (χ1n) is 4.60. The molecule has 0 radical (unpaired) electrons. The molecule has 0 aliphatic heterocycles. The van der Waals surface area contributed by atoms with Crippen LogP contribution in [-0.2, 0) is 0 Å². The van der Waals surface area contributed by atoms with Crippen LogP contribution < -0.4 is 11.1 Å². The normalized spacial score (nSPS) is 10.4. The van der Waals surface area contributed by atoms with Crippen LogP contribution in [0.25, 0.3) is 0 Å². The Labute approximate surface area is 91.7 Å². The van der Waals surface area contributed by atoms with E-state index in [2.05, 4.69) is 5.32 Å². The van der Waals surface area contributed by atoms with Crippen LogP contribution in [0.15, 0.2) is 18.2 Å². The molecule has 0 amide bonds. The van der Waals surface area contributed by atoms with E-state index in [9.17, 15) is 10.1 Å². The summed E-state index contributed by atoms with van der Waals surface area (Å²) >= 11 is 0. The second-order valence-electron chi connectivity index (χ2n) is 3.24. The molecule has 0 saturated heterocycles. The fourth-order valence-electron chi connectivity index (χ4n) is 1.16. The van der Waals surface area contributed by atoms with Gasteiger partial charge in [-0.25, -0.2) is 0 Å². The summed E-state index contributed by atoms with van der Waals surface area (Å²) in [7, 11) is 0. The van der Waals surface area contributed by atoms with Gasteiger partial charge in [0.25, 0.3) is 5.69 Å². The van der Waals surface area contributed by atoms with Gasteiger partial charge in [-0.3, -0.25) is 10.1 Å². The maximum absolute atomic E-state index is 10.4. The van der Waals surface area contributed by atoms with Gasteiger partial charge in [0.05, 0.1) is 35.6 Å². The average Bonchev–Trinajstić information content (AvgIpc) is 2.27. The summed E-state index contributed by atoms with van der Waals surface area (Å²) in [4.78, 5) is 9.90. The second kappa shape index (κ2) is 5.29. The van der Waals surface area contributed by atoms with E-state index in [-0.39, 0.29) is 24.6 Å². The van der Waals surface area contributed by atoms with Crippen LogP contribution in [0.5, 0.6) is 0 Å². The van der Waals surface area contributed by atoms with Crippen LogP contribution in [0.4, 0.5) is 17.1 Å². The van der Waals surface area contributed by atoms with Crippen molar-refractivity contribution in [2.45, 2.75) is 6.04 Å². The number of rotatable bonds is 5. The van der Waals surface area contributed by atoms with Gasteiger partial charge in [-0.05, 0) is 6.07 Å². The van der Waals surface area contributed by atoms with Gasteiger partial charge in [-0.2, -0.15) is 0 Å². The highest BCUT2D eigenvalue weighted by Gasteiger charge is 2.11. The van der Waals surface area contributed by atoms with Crippen LogP contribution in [-0.4, -0.2) is 34.4 Å². The SMILES string of the molecule is Nc1cc([N+](=O)[O-])ccc1NC(CO)CO. The topological polar surface area (TPSA) is 122 Å². The molecule has 0 aliphatic carbocycles. The summed E-state index contributed by atoms with van der Waals surface area (Å²) in [5.41, 5.74) is 6.12. The number of aliphatic hydroxyl groups excluding tert-OH is 2. The number of nitrogens with one attached hydrogen (secondary N) is 1. The molecule has 7 heteroatoms. The molecular formula is C9H13N3O4. The van der Waals surface area contributed by atoms with Crippen molar-refractivity contribution in [3.05, 3.63) is 28.3 Å². The quantitative estimate of drug-likeness (QED) is 0.317. The van der Waals surface area contributed by atoms with E-state index in [4.69, 9.17) is 15.9 Å². The summed E-state index contributed by atoms with van der Waals surface area (Å²) in [6.07, 6.45) is 0. The minimum absolute atomic E-state index is 0.104. The van der Waals surface area contributed by atoms with E-state index in [1.54, 1.807) is 0 Å². The predicted molar refractivity (Wildman–Crippen MR) is 59.1 cm³/mol. The number of non-ortho nitro benzene ring substituents is 1. The van der Waals surface area contributed by atoms with Crippen LogP contribution in [0.3, 0.4) is 0 Å². The average molecular weight is 227 g/mol. The highest BCUT2D eigenvalue weighted by atomic mass is 16.6. The summed E-state index contributed by atoms with van der Waals surface area (Å²) in [6, 6.07) is 3.41. The van der Waals surface area contributed by atoms with E-state index < -0.39 is 11.0 Å². The Morgan fingerprint density at radius 3 is 2.50 bits per heavy atom. The Hall–Kier alpha value is -1.86. The minimum Gasteiger partial charge on any atom is -0.397 e. The third-order valence-electron chi connectivity index (χ3n) is 2.05. The Bertz CT molecular complexity index is 379. The fraction of sp³-hybridized carbons (Fsp3) is 0.333. The van der Waals surface area contributed by atoms with Gasteiger partial charge in [-0.1, -0.05) is 0 Å². The number of benzene rings is 1. The Morgan fingerprint density at radius 2 is 2.06 bits per heavy atom. The lowest BCUT2D eigenvalue weighted by atomic mass is 10.2. The van der Waals surface area contributed by atoms with Crippen molar-refractivity contribution >= 4 is 17.1 Å². The van der Waals surface area contributed by atoms with E-state index in [0.29, 0.717) is 5.69 Å². The number of nitro benzene ring substituents is 1. The Morgan fingerprint density at radius 1 is 1.44 bits per heavy atom. The lowest BCUT2D eigenvalue weighted by Gasteiger charge is -2.16. The molecule has 0 aromatic heterocycles. The number of nitrogens with zero attached hydrogens (tertiary/aromatic N) is 1. The lowest BCUT2D eigenvalue weighted by Crippen LogP contribution is -2.28. The molecule has 0 saturated carbocycles. The molecule has 5 N–H and O–H groups in total. The Kier molecular flexibility index (Phi) is 4.03. The van der Waals surface area contributed by atoms with Crippen molar-refractivity contribution in [2.75, 3.05) is 24.3 Å². The monoisotopic (exact) mass is 227 g/mol. The van der Waals surface area contributed by atoms with Gasteiger partial charge in [0, 0.05) is 12.1 Å². The van der Waals surface area contributed by atoms with Crippen LogP contribution >= 0.6 is 0 Å². The molecule has 0 atom stereocenters. The number of anilines is 2. The van der Waals surface area contributed by atoms with Gasteiger partial charge in [-0.15, -0.1) is 0 Å². The van der Waals surface area contributed by atoms with Crippen molar-refractivity contribution in [3.8, 4) is 0 Å². The minimum atomic E-state index is -0.546. The number of hydrogen-bond acceptors (Lipinski definition) is 6. The zero-order chi connectivity index (χ0) is 12.1.